The minimum atomic E-state index is -3.74. The van der Waals surface area contributed by atoms with Crippen molar-refractivity contribution < 1.29 is 23.1 Å². The number of hydrogen-bond acceptors (Lipinski definition) is 6. The summed E-state index contributed by atoms with van der Waals surface area (Å²) in [6, 6.07) is 21.2. The number of carbonyl (C=O) groups excluding carboxylic acids is 1. The molecule has 0 bridgehead atoms. The zero-order valence-electron chi connectivity index (χ0n) is 20.6. The summed E-state index contributed by atoms with van der Waals surface area (Å²) < 4.78 is 34.3. The molecule has 1 fully saturated rings. The number of sulfonamides is 1. The van der Waals surface area contributed by atoms with Crippen LogP contribution in [0.4, 0.5) is 0 Å². The molecule has 2 aliphatic heterocycles. The Morgan fingerprint density at radius 1 is 0.973 bits per heavy atom. The molecule has 9 heteroatoms. The number of fused-ring (bicyclic) bond motifs is 1. The Kier molecular flexibility index (Phi) is 7.39. The van der Waals surface area contributed by atoms with Crippen LogP contribution in [0.1, 0.15) is 29.7 Å². The first-order chi connectivity index (χ1) is 17.9. The number of hydrogen-bond donors (Lipinski definition) is 1. The van der Waals surface area contributed by atoms with E-state index in [4.69, 9.17) is 4.74 Å². The van der Waals surface area contributed by atoms with Crippen LogP contribution in [0.25, 0.3) is 0 Å². The molecular formula is C28H31N3O5S. The van der Waals surface area contributed by atoms with Gasteiger partial charge in [0.15, 0.2) is 0 Å². The third kappa shape index (κ3) is 5.45. The van der Waals surface area contributed by atoms with Crippen LogP contribution in [0, 0.1) is 0 Å². The molecule has 1 unspecified atom stereocenters. The lowest BCUT2D eigenvalue weighted by Gasteiger charge is -2.38. The molecule has 1 N–H and O–H groups in total. The van der Waals surface area contributed by atoms with Crippen molar-refractivity contribution in [2.45, 2.75) is 42.3 Å². The molecule has 37 heavy (non-hydrogen) atoms. The van der Waals surface area contributed by atoms with Gasteiger partial charge in [0.1, 0.15) is 12.2 Å². The monoisotopic (exact) mass is 521 g/mol. The number of rotatable bonds is 7. The third-order valence-electron chi connectivity index (χ3n) is 7.28. The van der Waals surface area contributed by atoms with E-state index in [1.807, 2.05) is 30.3 Å². The Morgan fingerprint density at radius 3 is 2.35 bits per heavy atom. The Morgan fingerprint density at radius 2 is 1.65 bits per heavy atom. The molecule has 1 saturated heterocycles. The topological polar surface area (TPSA) is 100 Å². The van der Waals surface area contributed by atoms with E-state index >= 15 is 0 Å². The molecule has 8 nitrogen and oxygen atoms in total. The van der Waals surface area contributed by atoms with Gasteiger partial charge in [-0.2, -0.15) is 4.31 Å². The first kappa shape index (κ1) is 25.5. The van der Waals surface area contributed by atoms with E-state index in [1.165, 1.54) is 4.31 Å². The van der Waals surface area contributed by atoms with Gasteiger partial charge in [-0.15, -0.1) is 0 Å². The maximum atomic E-state index is 13.5. The van der Waals surface area contributed by atoms with Crippen molar-refractivity contribution in [3.8, 4) is 0 Å². The molecule has 194 valence electrons. The molecule has 2 aromatic carbocycles. The lowest BCUT2D eigenvalue weighted by molar-refractivity contribution is -0.141. The predicted molar refractivity (Wildman–Crippen MR) is 138 cm³/mol. The van der Waals surface area contributed by atoms with E-state index in [-0.39, 0.29) is 30.6 Å². The highest BCUT2D eigenvalue weighted by Crippen LogP contribution is 2.32. The second-order valence-electron chi connectivity index (χ2n) is 9.63. The Hall–Kier alpha value is -3.11. The Bertz CT molecular complexity index is 1330. The highest BCUT2D eigenvalue weighted by atomic mass is 32.2. The number of aromatic nitrogens is 1. The zero-order chi connectivity index (χ0) is 25.9. The number of carbonyl (C=O) groups is 1. The highest BCUT2D eigenvalue weighted by molar-refractivity contribution is 7.89. The summed E-state index contributed by atoms with van der Waals surface area (Å²) in [5.41, 5.74) is 1.64. The summed E-state index contributed by atoms with van der Waals surface area (Å²) in [4.78, 5) is 19.1. The van der Waals surface area contributed by atoms with Crippen LogP contribution in [0.3, 0.4) is 0 Å². The highest BCUT2D eigenvalue weighted by Gasteiger charge is 2.38. The molecular weight excluding hydrogens is 490 g/mol. The lowest BCUT2D eigenvalue weighted by Crippen LogP contribution is -2.48. The number of benzene rings is 2. The van der Waals surface area contributed by atoms with Gasteiger partial charge in [-0.05, 0) is 54.7 Å². The summed E-state index contributed by atoms with van der Waals surface area (Å²) in [5, 5.41) is 11.0. The van der Waals surface area contributed by atoms with Crippen molar-refractivity contribution in [2.24, 2.45) is 0 Å². The Balaban J connectivity index is 1.22. The van der Waals surface area contributed by atoms with Crippen molar-refractivity contribution >= 4 is 15.9 Å². The smallest absolute Gasteiger partial charge is 0.248 e. The summed E-state index contributed by atoms with van der Waals surface area (Å²) >= 11 is 0. The number of piperidine rings is 1. The number of aliphatic hydroxyl groups is 1. The van der Waals surface area contributed by atoms with E-state index in [2.05, 4.69) is 4.98 Å². The molecule has 5 rings (SSSR count). The van der Waals surface area contributed by atoms with Crippen molar-refractivity contribution in [2.75, 3.05) is 26.3 Å². The van der Waals surface area contributed by atoms with E-state index in [9.17, 15) is 18.3 Å². The first-order valence-corrected chi connectivity index (χ1v) is 13.9. The van der Waals surface area contributed by atoms with Gasteiger partial charge in [-0.3, -0.25) is 9.78 Å². The molecule has 0 spiro atoms. The van der Waals surface area contributed by atoms with Gasteiger partial charge in [-0.1, -0.05) is 48.5 Å². The van der Waals surface area contributed by atoms with Gasteiger partial charge in [0.25, 0.3) is 0 Å². The molecule has 2 aliphatic rings. The van der Waals surface area contributed by atoms with E-state index < -0.39 is 21.7 Å². The van der Waals surface area contributed by atoms with Crippen LogP contribution in [-0.4, -0.2) is 66.0 Å². The van der Waals surface area contributed by atoms with Crippen molar-refractivity contribution in [3.63, 3.8) is 0 Å². The van der Waals surface area contributed by atoms with Crippen LogP contribution in [0.15, 0.2) is 83.9 Å². The quantitative estimate of drug-likeness (QED) is 0.513. The summed E-state index contributed by atoms with van der Waals surface area (Å²) in [6.45, 7) is 1.03. The molecule has 1 amide bonds. The fraction of sp³-hybridized carbons (Fsp3) is 0.357. The summed E-state index contributed by atoms with van der Waals surface area (Å²) in [6.07, 6.45) is 2.97. The predicted octanol–water partition coefficient (Wildman–Crippen LogP) is 2.72. The minimum absolute atomic E-state index is 0.109. The van der Waals surface area contributed by atoms with Gasteiger partial charge < -0.3 is 14.7 Å². The lowest BCUT2D eigenvalue weighted by atomic mass is 9.88. The van der Waals surface area contributed by atoms with Gasteiger partial charge in [0, 0.05) is 25.8 Å². The molecule has 1 atom stereocenters. The molecule has 3 aromatic rings. The van der Waals surface area contributed by atoms with Crippen LogP contribution in [0.5, 0.6) is 0 Å². The van der Waals surface area contributed by atoms with Crippen LogP contribution in [-0.2, 0) is 38.1 Å². The van der Waals surface area contributed by atoms with Crippen molar-refractivity contribution in [1.29, 1.82) is 0 Å². The number of ether oxygens (including phenoxy) is 1. The maximum Gasteiger partial charge on any atom is 0.248 e. The van der Waals surface area contributed by atoms with Crippen LogP contribution < -0.4 is 0 Å². The summed E-state index contributed by atoms with van der Waals surface area (Å²) in [5.74, 6) is -0.170. The van der Waals surface area contributed by atoms with Crippen molar-refractivity contribution in [1.82, 2.24) is 14.2 Å². The fourth-order valence-corrected chi connectivity index (χ4v) is 6.72. The molecule has 1 aromatic heterocycles. The molecule has 3 heterocycles. The van der Waals surface area contributed by atoms with Gasteiger partial charge in [-0.25, -0.2) is 8.42 Å². The van der Waals surface area contributed by atoms with Gasteiger partial charge >= 0.3 is 0 Å². The zero-order valence-corrected chi connectivity index (χ0v) is 21.4. The Labute approximate surface area is 217 Å². The normalized spacial score (nSPS) is 19.8. The second-order valence-corrected chi connectivity index (χ2v) is 11.5. The second kappa shape index (κ2) is 10.7. The maximum absolute atomic E-state index is 13.5. The summed E-state index contributed by atoms with van der Waals surface area (Å²) in [7, 11) is -3.74. The van der Waals surface area contributed by atoms with E-state index in [1.54, 1.807) is 53.6 Å². The largest absolute Gasteiger partial charge is 0.383 e. The standard InChI is InChI=1S/C28H31N3O5S/c32-27(30-16-13-28(33,14-17-30)26-12-6-7-15-29-26)21-36-20-24-18-22-8-4-5-9-23(22)19-31(24)37(34,35)25-10-2-1-3-11-25/h1-12,15,24,33H,13-14,16-21H2. The first-order valence-electron chi connectivity index (χ1n) is 12.5. The molecule has 0 saturated carbocycles. The minimum Gasteiger partial charge on any atom is -0.383 e. The number of amides is 1. The van der Waals surface area contributed by atoms with Gasteiger partial charge in [0.05, 0.1) is 23.2 Å². The fourth-order valence-electron chi connectivity index (χ4n) is 5.11. The van der Waals surface area contributed by atoms with E-state index in [0.29, 0.717) is 38.0 Å². The molecule has 0 aliphatic carbocycles. The van der Waals surface area contributed by atoms with Crippen LogP contribution >= 0.6 is 0 Å². The number of likely N-dealkylation sites (tertiary alicyclic amines) is 1. The van der Waals surface area contributed by atoms with Crippen molar-refractivity contribution in [3.05, 3.63) is 95.8 Å². The number of pyridine rings is 1. The average Bonchev–Trinajstić information content (AvgIpc) is 2.94. The molecule has 0 radical (unpaired) electrons. The third-order valence-corrected chi connectivity index (χ3v) is 9.19. The SMILES string of the molecule is O=C(COCC1Cc2ccccc2CN1S(=O)(=O)c1ccccc1)N1CCC(O)(c2ccccn2)CC1. The van der Waals surface area contributed by atoms with E-state index in [0.717, 1.165) is 11.1 Å². The van der Waals surface area contributed by atoms with Crippen LogP contribution in [0.2, 0.25) is 0 Å². The van der Waals surface area contributed by atoms with Gasteiger partial charge in [0.2, 0.25) is 15.9 Å². The number of nitrogens with zero attached hydrogens (tertiary/aromatic N) is 3. The average molecular weight is 522 g/mol.